The number of Topliss-reactive ketones (excluding diaryl/α,β-unsaturated/α-hetero) is 2. The third kappa shape index (κ3) is 5.15. The van der Waals surface area contributed by atoms with Crippen molar-refractivity contribution in [2.24, 2.45) is 0 Å². The Balaban J connectivity index is 1.97. The van der Waals surface area contributed by atoms with Gasteiger partial charge in [0.15, 0.2) is 0 Å². The number of esters is 1. The number of hydrogen-bond acceptors (Lipinski definition) is 8. The van der Waals surface area contributed by atoms with Gasteiger partial charge in [0, 0.05) is 24.5 Å². The van der Waals surface area contributed by atoms with Crippen molar-refractivity contribution < 1.29 is 33.4 Å². The number of nitrogens with zero attached hydrogens (tertiary/aromatic N) is 1. The van der Waals surface area contributed by atoms with E-state index in [1.54, 1.807) is 12.1 Å². The number of aromatic nitrogens is 1. The first-order chi connectivity index (χ1) is 16.2. The van der Waals surface area contributed by atoms with Crippen LogP contribution in [0.15, 0.2) is 59.2 Å². The topological polar surface area (TPSA) is 121 Å². The number of allylic oxidation sites excluding steroid dienone is 2. The number of rotatable bonds is 7. The lowest BCUT2D eigenvalue weighted by Crippen LogP contribution is -2.26. The fourth-order valence-electron chi connectivity index (χ4n) is 3.37. The molecule has 1 aromatic heterocycles. The first-order valence-corrected chi connectivity index (χ1v) is 10.4. The highest BCUT2D eigenvalue weighted by molar-refractivity contribution is 6.29. The minimum atomic E-state index is -0.608. The van der Waals surface area contributed by atoms with Gasteiger partial charge in [-0.05, 0) is 36.8 Å². The molecule has 0 unspecified atom stereocenters. The van der Waals surface area contributed by atoms with E-state index in [1.165, 1.54) is 52.5 Å². The molecule has 2 aromatic rings. The van der Waals surface area contributed by atoms with Crippen LogP contribution in [0, 0.1) is 0 Å². The lowest BCUT2D eigenvalue weighted by atomic mass is 9.88. The Hall–Kier alpha value is -3.98. The number of pyridine rings is 1. The van der Waals surface area contributed by atoms with Crippen molar-refractivity contribution in [3.05, 3.63) is 75.5 Å². The summed E-state index contributed by atoms with van der Waals surface area (Å²) in [4.78, 5) is 54.0. The molecular weight excluding hydrogens is 464 g/mol. The van der Waals surface area contributed by atoms with E-state index in [-0.39, 0.29) is 45.6 Å². The summed E-state index contributed by atoms with van der Waals surface area (Å²) in [7, 11) is 2.56. The van der Waals surface area contributed by atoms with Crippen LogP contribution in [0.5, 0.6) is 5.75 Å². The van der Waals surface area contributed by atoms with Gasteiger partial charge in [-0.15, -0.1) is 0 Å². The maximum atomic E-state index is 13.0. The van der Waals surface area contributed by atoms with E-state index in [1.807, 2.05) is 0 Å². The lowest BCUT2D eigenvalue weighted by Gasteiger charge is -2.20. The second kappa shape index (κ2) is 10.3. The summed E-state index contributed by atoms with van der Waals surface area (Å²) < 4.78 is 15.3. The Labute approximate surface area is 200 Å². The normalized spacial score (nSPS) is 13.7. The molecule has 3 rings (SSSR count). The van der Waals surface area contributed by atoms with E-state index in [4.69, 9.17) is 25.8 Å². The van der Waals surface area contributed by atoms with Crippen molar-refractivity contribution >= 4 is 40.7 Å². The summed E-state index contributed by atoms with van der Waals surface area (Å²) in [6.45, 7) is 2.74. The summed E-state index contributed by atoms with van der Waals surface area (Å²) in [5, 5.41) is 2.92. The summed E-state index contributed by atoms with van der Waals surface area (Å²) in [6.07, 6.45) is 1.41. The molecule has 10 heteroatoms. The molecule has 0 saturated carbocycles. The van der Waals surface area contributed by atoms with E-state index in [9.17, 15) is 19.2 Å². The number of halogens is 1. The smallest absolute Gasteiger partial charge is 0.308 e. The Morgan fingerprint density at radius 2 is 1.71 bits per heavy atom. The van der Waals surface area contributed by atoms with Gasteiger partial charge in [-0.1, -0.05) is 17.7 Å². The highest BCUT2D eigenvalue weighted by Crippen LogP contribution is 2.30. The molecule has 1 N–H and O–H groups in total. The first kappa shape index (κ1) is 24.7. The van der Waals surface area contributed by atoms with Gasteiger partial charge >= 0.3 is 5.97 Å². The van der Waals surface area contributed by atoms with E-state index >= 15 is 0 Å². The number of nitrogens with one attached hydrogen (secondary N) is 1. The molecule has 9 nitrogen and oxygen atoms in total. The zero-order valence-corrected chi connectivity index (χ0v) is 19.6. The van der Waals surface area contributed by atoms with Gasteiger partial charge in [0.1, 0.15) is 10.9 Å². The van der Waals surface area contributed by atoms with Gasteiger partial charge in [-0.3, -0.25) is 19.2 Å². The van der Waals surface area contributed by atoms with Crippen LogP contribution < -0.4 is 10.1 Å². The maximum absolute atomic E-state index is 13.0. The molecule has 1 aliphatic carbocycles. The zero-order valence-electron chi connectivity index (χ0n) is 18.9. The summed E-state index contributed by atoms with van der Waals surface area (Å²) >= 11 is 5.78. The molecule has 34 heavy (non-hydrogen) atoms. The Morgan fingerprint density at radius 1 is 1.03 bits per heavy atom. The first-order valence-electron chi connectivity index (χ1n) is 10.0. The van der Waals surface area contributed by atoms with E-state index in [0.717, 1.165) is 0 Å². The van der Waals surface area contributed by atoms with Crippen molar-refractivity contribution in [3.8, 4) is 5.75 Å². The van der Waals surface area contributed by atoms with Crippen LogP contribution in [-0.2, 0) is 30.3 Å². The van der Waals surface area contributed by atoms with Crippen LogP contribution in [0.3, 0.4) is 0 Å². The number of benzene rings is 1. The van der Waals surface area contributed by atoms with Crippen LogP contribution in [0.1, 0.15) is 29.8 Å². The molecule has 1 heterocycles. The SMILES string of the molecule is COC1=C(OC)C(=O)C(Cc2ccc(OC(C)=O)c(C(=O)Nc3ccc(Cl)nc3)c2)=C(C)C1=O. The third-order valence-corrected chi connectivity index (χ3v) is 5.23. The van der Waals surface area contributed by atoms with Gasteiger partial charge in [0.2, 0.25) is 23.1 Å². The molecule has 0 spiro atoms. The van der Waals surface area contributed by atoms with Gasteiger partial charge in [-0.2, -0.15) is 0 Å². The van der Waals surface area contributed by atoms with Crippen molar-refractivity contribution in [2.75, 3.05) is 19.5 Å². The Morgan fingerprint density at radius 3 is 2.29 bits per heavy atom. The standard InChI is InChI=1S/C24H21ClN2O7/c1-12-16(21(30)23(33-4)22(32-3)20(12)29)9-14-5-7-18(34-13(2)28)17(10-14)24(31)27-15-6-8-19(25)26-11-15/h5-8,10-11H,9H2,1-4H3,(H,27,31). The molecule has 1 aromatic carbocycles. The monoisotopic (exact) mass is 484 g/mol. The van der Waals surface area contributed by atoms with Crippen molar-refractivity contribution in [1.29, 1.82) is 0 Å². The summed E-state index contributed by atoms with van der Waals surface area (Å²) in [5.41, 5.74) is 1.38. The molecule has 1 amide bonds. The fraction of sp³-hybridized carbons (Fsp3) is 0.208. The molecule has 0 atom stereocenters. The zero-order chi connectivity index (χ0) is 25.0. The third-order valence-electron chi connectivity index (χ3n) is 5.00. The van der Waals surface area contributed by atoms with Crippen LogP contribution in [0.4, 0.5) is 5.69 Å². The number of anilines is 1. The van der Waals surface area contributed by atoms with Gasteiger partial charge in [0.05, 0.1) is 31.7 Å². The van der Waals surface area contributed by atoms with E-state index < -0.39 is 23.4 Å². The molecule has 0 aliphatic heterocycles. The summed E-state index contributed by atoms with van der Waals surface area (Å²) in [5.74, 6) is -2.43. The van der Waals surface area contributed by atoms with Crippen LogP contribution in [0.2, 0.25) is 5.15 Å². The number of hydrogen-bond donors (Lipinski definition) is 1. The molecule has 0 radical (unpaired) electrons. The number of ketones is 2. The minimum absolute atomic E-state index is 0.0311. The number of ether oxygens (including phenoxy) is 3. The number of carbonyl (C=O) groups excluding carboxylic acids is 4. The lowest BCUT2D eigenvalue weighted by molar-refractivity contribution is -0.131. The highest BCUT2D eigenvalue weighted by Gasteiger charge is 2.34. The number of methoxy groups -OCH3 is 2. The quantitative estimate of drug-likeness (QED) is 0.274. The second-order valence-electron chi connectivity index (χ2n) is 7.25. The van der Waals surface area contributed by atoms with Crippen molar-refractivity contribution in [1.82, 2.24) is 4.98 Å². The number of amides is 1. The van der Waals surface area contributed by atoms with Gasteiger partial charge < -0.3 is 19.5 Å². The van der Waals surface area contributed by atoms with Gasteiger partial charge in [0.25, 0.3) is 5.91 Å². The maximum Gasteiger partial charge on any atom is 0.308 e. The van der Waals surface area contributed by atoms with Crippen LogP contribution in [-0.4, -0.2) is 42.6 Å². The average Bonchev–Trinajstić information content (AvgIpc) is 2.80. The predicted molar refractivity (Wildman–Crippen MR) is 122 cm³/mol. The predicted octanol–water partition coefficient (Wildman–Crippen LogP) is 3.43. The van der Waals surface area contributed by atoms with Crippen LogP contribution in [0.25, 0.3) is 0 Å². The van der Waals surface area contributed by atoms with Gasteiger partial charge in [-0.25, -0.2) is 4.98 Å². The average molecular weight is 485 g/mol. The van der Waals surface area contributed by atoms with Crippen LogP contribution >= 0.6 is 11.6 Å². The molecule has 0 saturated heterocycles. The second-order valence-corrected chi connectivity index (χ2v) is 7.64. The van der Waals surface area contributed by atoms with Crippen molar-refractivity contribution in [3.63, 3.8) is 0 Å². The molecular formula is C24H21ClN2O7. The summed E-state index contributed by atoms with van der Waals surface area (Å²) in [6, 6.07) is 7.60. The molecule has 0 bridgehead atoms. The Bertz CT molecular complexity index is 1250. The molecule has 1 aliphatic rings. The molecule has 176 valence electrons. The van der Waals surface area contributed by atoms with E-state index in [0.29, 0.717) is 11.3 Å². The van der Waals surface area contributed by atoms with E-state index in [2.05, 4.69) is 10.3 Å². The largest absolute Gasteiger partial charge is 0.489 e. The van der Waals surface area contributed by atoms with Crippen molar-refractivity contribution in [2.45, 2.75) is 20.3 Å². The minimum Gasteiger partial charge on any atom is -0.489 e. The Kier molecular flexibility index (Phi) is 7.47. The number of carbonyl (C=O) groups is 4. The highest BCUT2D eigenvalue weighted by atomic mass is 35.5. The fourth-order valence-corrected chi connectivity index (χ4v) is 3.48. The molecule has 0 fully saturated rings.